The predicted molar refractivity (Wildman–Crippen MR) is 40.7 cm³/mol. The van der Waals surface area contributed by atoms with Crippen LogP contribution in [0.4, 0.5) is 0 Å². The number of nitrogens with two attached hydrogens (primary N) is 1. The van der Waals surface area contributed by atoms with Gasteiger partial charge in [0.2, 0.25) is 5.91 Å². The summed E-state index contributed by atoms with van der Waals surface area (Å²) < 4.78 is 0. The molecule has 0 unspecified atom stereocenters. The molecule has 0 heterocycles. The van der Waals surface area contributed by atoms with E-state index in [1.807, 2.05) is 13.8 Å². The number of hydrogen-bond acceptors (Lipinski definition) is 2. The minimum absolute atomic E-state index is 0.0370. The monoisotopic (exact) mass is 143 g/mol. The largest absolute Gasteiger partial charge is 0.281 e. The van der Waals surface area contributed by atoms with Gasteiger partial charge in [-0.05, 0) is 12.8 Å². The zero-order valence-corrected chi connectivity index (χ0v) is 6.63. The minimum atomic E-state index is -0.0370. The molecule has 1 radical (unpaired) electrons. The Balaban J connectivity index is 3.62. The summed E-state index contributed by atoms with van der Waals surface area (Å²) in [5, 5.41) is 1.14. The lowest BCUT2D eigenvalue weighted by atomic mass is 10.1. The molecule has 0 aliphatic rings. The zero-order chi connectivity index (χ0) is 8.15. The number of hydrazine groups is 1. The summed E-state index contributed by atoms with van der Waals surface area (Å²) in [5.41, 5.74) is 0. The van der Waals surface area contributed by atoms with Gasteiger partial charge < -0.3 is 0 Å². The van der Waals surface area contributed by atoms with E-state index in [0.717, 1.165) is 5.01 Å². The molecular weight excluding hydrogens is 128 g/mol. The highest BCUT2D eigenvalue weighted by molar-refractivity contribution is 5.75. The van der Waals surface area contributed by atoms with Crippen LogP contribution in [0.25, 0.3) is 0 Å². The summed E-state index contributed by atoms with van der Waals surface area (Å²) in [6.07, 6.45) is 0.506. The molecule has 10 heavy (non-hydrogen) atoms. The van der Waals surface area contributed by atoms with E-state index in [-0.39, 0.29) is 5.91 Å². The third-order valence-corrected chi connectivity index (χ3v) is 1.14. The number of amides is 1. The Morgan fingerprint density at radius 2 is 2.20 bits per heavy atom. The molecule has 0 aliphatic carbocycles. The van der Waals surface area contributed by atoms with Crippen LogP contribution in [0.1, 0.15) is 20.3 Å². The van der Waals surface area contributed by atoms with Crippen molar-refractivity contribution in [1.29, 1.82) is 0 Å². The maximum absolute atomic E-state index is 10.9. The van der Waals surface area contributed by atoms with E-state index in [0.29, 0.717) is 18.9 Å². The normalized spacial score (nSPS) is 10.1. The third-order valence-electron chi connectivity index (χ3n) is 1.14. The van der Waals surface area contributed by atoms with E-state index >= 15 is 0 Å². The highest BCUT2D eigenvalue weighted by Gasteiger charge is 2.08. The number of rotatable bonds is 3. The molecule has 0 aromatic rings. The van der Waals surface area contributed by atoms with Crippen LogP contribution < -0.4 is 5.84 Å². The molecule has 0 saturated heterocycles. The number of carbonyl (C=O) groups is 1. The van der Waals surface area contributed by atoms with Crippen LogP contribution in [0.5, 0.6) is 0 Å². The van der Waals surface area contributed by atoms with Crippen molar-refractivity contribution in [3.8, 4) is 0 Å². The van der Waals surface area contributed by atoms with Crippen LogP contribution in [0, 0.1) is 12.8 Å². The van der Waals surface area contributed by atoms with Gasteiger partial charge >= 0.3 is 0 Å². The number of nitrogens with zero attached hydrogens (tertiary/aromatic N) is 1. The first-order valence-corrected chi connectivity index (χ1v) is 3.42. The summed E-state index contributed by atoms with van der Waals surface area (Å²) in [6.45, 7) is 7.79. The van der Waals surface area contributed by atoms with Gasteiger partial charge in [0.1, 0.15) is 0 Å². The number of hydrogen-bond donors (Lipinski definition) is 1. The lowest BCUT2D eigenvalue weighted by Gasteiger charge is -2.14. The van der Waals surface area contributed by atoms with Crippen LogP contribution in [0.3, 0.4) is 0 Å². The van der Waals surface area contributed by atoms with Gasteiger partial charge in [-0.2, -0.15) is 0 Å². The van der Waals surface area contributed by atoms with Crippen molar-refractivity contribution in [2.75, 3.05) is 6.54 Å². The average Bonchev–Trinajstić information content (AvgIpc) is 1.85. The second-order valence-corrected chi connectivity index (χ2v) is 2.69. The Labute approximate surface area is 62.2 Å². The fourth-order valence-corrected chi connectivity index (χ4v) is 0.591. The summed E-state index contributed by atoms with van der Waals surface area (Å²) in [4.78, 5) is 10.9. The molecule has 0 rings (SSSR count). The fraction of sp³-hybridized carbons (Fsp3) is 0.714. The SMILES string of the molecule is [CH2]CN(N)C(=O)CC(C)C. The van der Waals surface area contributed by atoms with E-state index in [9.17, 15) is 4.79 Å². The van der Waals surface area contributed by atoms with Gasteiger partial charge in [0, 0.05) is 13.0 Å². The molecule has 3 heteroatoms. The molecule has 1 amide bonds. The molecule has 0 aromatic carbocycles. The molecule has 0 atom stereocenters. The highest BCUT2D eigenvalue weighted by atomic mass is 16.2. The van der Waals surface area contributed by atoms with Crippen LogP contribution in [0.2, 0.25) is 0 Å². The smallest absolute Gasteiger partial charge is 0.236 e. The third kappa shape index (κ3) is 3.45. The van der Waals surface area contributed by atoms with Crippen molar-refractivity contribution < 1.29 is 4.79 Å². The summed E-state index contributed by atoms with van der Waals surface area (Å²) in [5.74, 6) is 5.61. The molecule has 0 spiro atoms. The Hall–Kier alpha value is -0.570. The van der Waals surface area contributed by atoms with Gasteiger partial charge in [-0.15, -0.1) is 0 Å². The molecular formula is C7H15N2O. The van der Waals surface area contributed by atoms with Crippen molar-refractivity contribution in [2.45, 2.75) is 20.3 Å². The topological polar surface area (TPSA) is 46.3 Å². The first-order chi connectivity index (χ1) is 4.57. The Bertz CT molecular complexity index is 112. The lowest BCUT2D eigenvalue weighted by Crippen LogP contribution is -2.37. The summed E-state index contributed by atoms with van der Waals surface area (Å²) in [6, 6.07) is 0. The van der Waals surface area contributed by atoms with Crippen molar-refractivity contribution in [3.05, 3.63) is 6.92 Å². The Morgan fingerprint density at radius 3 is 2.50 bits per heavy atom. The molecule has 0 aromatic heterocycles. The van der Waals surface area contributed by atoms with Gasteiger partial charge in [-0.3, -0.25) is 9.80 Å². The van der Waals surface area contributed by atoms with Crippen LogP contribution in [0.15, 0.2) is 0 Å². The average molecular weight is 143 g/mol. The van der Waals surface area contributed by atoms with Crippen molar-refractivity contribution in [3.63, 3.8) is 0 Å². The first-order valence-electron chi connectivity index (χ1n) is 3.42. The van der Waals surface area contributed by atoms with Gasteiger partial charge in [-0.25, -0.2) is 5.84 Å². The predicted octanol–water partition coefficient (Wildman–Crippen LogP) is 0.569. The van der Waals surface area contributed by atoms with Crippen LogP contribution in [-0.2, 0) is 4.79 Å². The van der Waals surface area contributed by atoms with Crippen LogP contribution >= 0.6 is 0 Å². The molecule has 0 fully saturated rings. The molecule has 0 bridgehead atoms. The summed E-state index contributed by atoms with van der Waals surface area (Å²) >= 11 is 0. The summed E-state index contributed by atoms with van der Waals surface area (Å²) in [7, 11) is 0. The van der Waals surface area contributed by atoms with E-state index < -0.39 is 0 Å². The Morgan fingerprint density at radius 1 is 1.70 bits per heavy atom. The van der Waals surface area contributed by atoms with E-state index in [1.54, 1.807) is 0 Å². The van der Waals surface area contributed by atoms with Crippen molar-refractivity contribution in [1.82, 2.24) is 5.01 Å². The van der Waals surface area contributed by atoms with E-state index in [2.05, 4.69) is 6.92 Å². The van der Waals surface area contributed by atoms with E-state index in [4.69, 9.17) is 5.84 Å². The van der Waals surface area contributed by atoms with Gasteiger partial charge in [-0.1, -0.05) is 13.8 Å². The highest BCUT2D eigenvalue weighted by Crippen LogP contribution is 2.00. The van der Waals surface area contributed by atoms with Gasteiger partial charge in [0.25, 0.3) is 0 Å². The molecule has 59 valence electrons. The second kappa shape index (κ2) is 4.28. The lowest BCUT2D eigenvalue weighted by molar-refractivity contribution is -0.131. The van der Waals surface area contributed by atoms with Crippen LogP contribution in [-0.4, -0.2) is 17.5 Å². The molecule has 0 saturated carbocycles. The maximum atomic E-state index is 10.9. The Kier molecular flexibility index (Phi) is 4.03. The maximum Gasteiger partial charge on any atom is 0.236 e. The fourth-order valence-electron chi connectivity index (χ4n) is 0.591. The number of carbonyl (C=O) groups excluding carboxylic acids is 1. The first kappa shape index (κ1) is 9.43. The quantitative estimate of drug-likeness (QED) is 0.356. The molecule has 0 aliphatic heterocycles. The minimum Gasteiger partial charge on any atom is -0.281 e. The zero-order valence-electron chi connectivity index (χ0n) is 6.63. The van der Waals surface area contributed by atoms with Crippen molar-refractivity contribution in [2.24, 2.45) is 11.8 Å². The molecule has 2 N–H and O–H groups in total. The standard InChI is InChI=1S/C7H15N2O/c1-4-9(8)7(10)5-6(2)3/h6H,1,4-5,8H2,2-3H3. The second-order valence-electron chi connectivity index (χ2n) is 2.69. The molecule has 3 nitrogen and oxygen atoms in total. The van der Waals surface area contributed by atoms with Gasteiger partial charge in [0.15, 0.2) is 0 Å². The van der Waals surface area contributed by atoms with E-state index in [1.165, 1.54) is 0 Å². The van der Waals surface area contributed by atoms with Crippen molar-refractivity contribution >= 4 is 5.91 Å². The van der Waals surface area contributed by atoms with Gasteiger partial charge in [0.05, 0.1) is 0 Å².